The Balaban J connectivity index is 1.48. The molecule has 3 N–H and O–H groups in total. The Kier molecular flexibility index (Phi) is 8.12. The van der Waals surface area contributed by atoms with Gasteiger partial charge in [-0.3, -0.25) is 15.6 Å². The molecule has 2 aromatic rings. The quantitative estimate of drug-likeness (QED) is 0.340. The second-order valence-electron chi connectivity index (χ2n) is 7.01. The van der Waals surface area contributed by atoms with Crippen LogP contribution >= 0.6 is 35.3 Å². The molecule has 0 radical (unpaired) electrons. The van der Waals surface area contributed by atoms with E-state index in [2.05, 4.69) is 40.4 Å². The van der Waals surface area contributed by atoms with E-state index >= 15 is 0 Å². The van der Waals surface area contributed by atoms with Gasteiger partial charge in [0.05, 0.1) is 18.4 Å². The smallest absolute Gasteiger partial charge is 0.341 e. The van der Waals surface area contributed by atoms with Crippen LogP contribution in [0.1, 0.15) is 44.8 Å². The fourth-order valence-corrected chi connectivity index (χ4v) is 5.50. The highest BCUT2D eigenvalue weighted by Gasteiger charge is 2.26. The average Bonchev–Trinajstić information content (AvgIpc) is 3.11. The van der Waals surface area contributed by atoms with E-state index in [9.17, 15) is 9.59 Å². The van der Waals surface area contributed by atoms with Gasteiger partial charge in [0.1, 0.15) is 5.00 Å². The standard InChI is InChI=1S/C21H25N3O3S3/c1-13-7-9-14(10-8-13)11-29-12-17(25)23-24-21(28)22-19-18(20(26)27-2)15-5-3-4-6-16(15)30-19/h7-10H,3-6,11-12H2,1-2H3,(H,23,25)(H2,22,24,28). The van der Waals surface area contributed by atoms with Crippen LogP contribution < -0.4 is 16.2 Å². The third kappa shape index (κ3) is 5.96. The van der Waals surface area contributed by atoms with Crippen molar-refractivity contribution in [3.63, 3.8) is 0 Å². The molecule has 0 saturated heterocycles. The summed E-state index contributed by atoms with van der Waals surface area (Å²) in [4.78, 5) is 25.5. The first kappa shape index (κ1) is 22.6. The summed E-state index contributed by atoms with van der Waals surface area (Å²) in [5.41, 5.74) is 9.32. The number of thioether (sulfide) groups is 1. The maximum Gasteiger partial charge on any atom is 0.341 e. The van der Waals surface area contributed by atoms with Crippen molar-refractivity contribution in [1.82, 2.24) is 10.9 Å². The molecule has 1 aliphatic rings. The van der Waals surface area contributed by atoms with E-state index in [1.165, 1.54) is 46.2 Å². The Hall–Kier alpha value is -2.10. The van der Waals surface area contributed by atoms with Crippen molar-refractivity contribution in [1.29, 1.82) is 0 Å². The van der Waals surface area contributed by atoms with Gasteiger partial charge in [-0.1, -0.05) is 29.8 Å². The van der Waals surface area contributed by atoms with Gasteiger partial charge < -0.3 is 10.1 Å². The Labute approximate surface area is 190 Å². The number of amides is 1. The fraction of sp³-hybridized carbons (Fsp3) is 0.381. The van der Waals surface area contributed by atoms with Crippen LogP contribution in [-0.2, 0) is 28.1 Å². The molecular weight excluding hydrogens is 438 g/mol. The van der Waals surface area contributed by atoms with E-state index in [-0.39, 0.29) is 17.0 Å². The third-order valence-electron chi connectivity index (χ3n) is 4.73. The number of ether oxygens (including phenoxy) is 1. The molecular formula is C21H25N3O3S3. The van der Waals surface area contributed by atoms with Gasteiger partial charge >= 0.3 is 5.97 Å². The maximum atomic E-state index is 12.3. The van der Waals surface area contributed by atoms with E-state index in [1.54, 1.807) is 0 Å². The van der Waals surface area contributed by atoms with Crippen LogP contribution in [0.3, 0.4) is 0 Å². The molecule has 1 aliphatic carbocycles. The first-order chi connectivity index (χ1) is 14.5. The largest absolute Gasteiger partial charge is 0.465 e. The zero-order valence-electron chi connectivity index (χ0n) is 17.0. The number of nitrogens with one attached hydrogen (secondary N) is 3. The molecule has 1 aromatic carbocycles. The number of hydrogen-bond acceptors (Lipinski definition) is 6. The number of methoxy groups -OCH3 is 1. The molecule has 0 spiro atoms. The Morgan fingerprint density at radius 2 is 1.90 bits per heavy atom. The van der Waals surface area contributed by atoms with E-state index in [0.717, 1.165) is 37.0 Å². The number of carbonyl (C=O) groups excluding carboxylic acids is 2. The molecule has 0 atom stereocenters. The van der Waals surface area contributed by atoms with Crippen molar-refractivity contribution >= 4 is 57.3 Å². The summed E-state index contributed by atoms with van der Waals surface area (Å²) in [5.74, 6) is 0.537. The van der Waals surface area contributed by atoms with Gasteiger partial charge in [0, 0.05) is 10.6 Å². The number of thiocarbonyl (C=S) groups is 1. The predicted octanol–water partition coefficient (Wildman–Crippen LogP) is 3.97. The van der Waals surface area contributed by atoms with Crippen molar-refractivity contribution in [2.24, 2.45) is 0 Å². The Morgan fingerprint density at radius 3 is 2.63 bits per heavy atom. The lowest BCUT2D eigenvalue weighted by Crippen LogP contribution is -2.44. The number of benzene rings is 1. The number of hydrogen-bond donors (Lipinski definition) is 3. The molecule has 9 heteroatoms. The minimum absolute atomic E-state index is 0.171. The molecule has 160 valence electrons. The van der Waals surface area contributed by atoms with Crippen LogP contribution in [0, 0.1) is 6.92 Å². The molecule has 0 fully saturated rings. The molecule has 0 unspecified atom stereocenters. The number of thiophene rings is 1. The van der Waals surface area contributed by atoms with Crippen LogP contribution in [0.25, 0.3) is 0 Å². The lowest BCUT2D eigenvalue weighted by Gasteiger charge is -2.13. The molecule has 30 heavy (non-hydrogen) atoms. The van der Waals surface area contributed by atoms with Crippen molar-refractivity contribution < 1.29 is 14.3 Å². The molecule has 1 heterocycles. The van der Waals surface area contributed by atoms with E-state index in [1.807, 2.05) is 6.92 Å². The number of esters is 1. The summed E-state index contributed by atoms with van der Waals surface area (Å²) < 4.78 is 4.96. The first-order valence-corrected chi connectivity index (χ1v) is 12.1. The molecule has 0 saturated carbocycles. The van der Waals surface area contributed by atoms with Crippen LogP contribution in [-0.4, -0.2) is 29.9 Å². The van der Waals surface area contributed by atoms with Gasteiger partial charge in [-0.25, -0.2) is 4.79 Å². The highest BCUT2D eigenvalue weighted by atomic mass is 32.2. The minimum atomic E-state index is -0.365. The maximum absolute atomic E-state index is 12.3. The summed E-state index contributed by atoms with van der Waals surface area (Å²) in [6.07, 6.45) is 4.01. The Morgan fingerprint density at radius 1 is 1.17 bits per heavy atom. The highest BCUT2D eigenvalue weighted by molar-refractivity contribution is 7.99. The van der Waals surface area contributed by atoms with Crippen molar-refractivity contribution in [2.45, 2.75) is 38.4 Å². The molecule has 1 amide bonds. The number of hydrazine groups is 1. The summed E-state index contributed by atoms with van der Waals surface area (Å²) in [6.45, 7) is 2.05. The topological polar surface area (TPSA) is 79.5 Å². The van der Waals surface area contributed by atoms with Gasteiger partial charge in [-0.05, 0) is 56.0 Å². The number of carbonyl (C=O) groups is 2. The third-order valence-corrected chi connectivity index (χ3v) is 7.14. The summed E-state index contributed by atoms with van der Waals surface area (Å²) in [6, 6.07) is 8.26. The SMILES string of the molecule is COC(=O)c1c(NC(=S)NNC(=O)CSCc2ccc(C)cc2)sc2c1CCCC2. The normalized spacial score (nSPS) is 12.6. The first-order valence-electron chi connectivity index (χ1n) is 9.70. The van der Waals surface area contributed by atoms with Crippen LogP contribution in [0.4, 0.5) is 5.00 Å². The van der Waals surface area contributed by atoms with Crippen molar-refractivity contribution in [3.8, 4) is 0 Å². The van der Waals surface area contributed by atoms with E-state index in [0.29, 0.717) is 16.3 Å². The average molecular weight is 464 g/mol. The lowest BCUT2D eigenvalue weighted by molar-refractivity contribution is -0.119. The molecule has 1 aromatic heterocycles. The Bertz CT molecular complexity index is 926. The number of aryl methyl sites for hydroxylation is 2. The molecule has 0 bridgehead atoms. The minimum Gasteiger partial charge on any atom is -0.465 e. The van der Waals surface area contributed by atoms with Gasteiger partial charge in [0.25, 0.3) is 0 Å². The van der Waals surface area contributed by atoms with Crippen molar-refractivity contribution in [2.75, 3.05) is 18.2 Å². The number of fused-ring (bicyclic) bond motifs is 1. The molecule has 3 rings (SSSR count). The lowest BCUT2D eigenvalue weighted by atomic mass is 9.95. The molecule has 6 nitrogen and oxygen atoms in total. The van der Waals surface area contributed by atoms with Gasteiger partial charge in [-0.2, -0.15) is 0 Å². The van der Waals surface area contributed by atoms with Crippen LogP contribution in [0.15, 0.2) is 24.3 Å². The van der Waals surface area contributed by atoms with E-state index in [4.69, 9.17) is 17.0 Å². The zero-order valence-corrected chi connectivity index (χ0v) is 19.5. The van der Waals surface area contributed by atoms with Gasteiger partial charge in [0.15, 0.2) is 5.11 Å². The fourth-order valence-electron chi connectivity index (χ4n) is 3.21. The number of anilines is 1. The van der Waals surface area contributed by atoms with Gasteiger partial charge in [0.2, 0.25) is 5.91 Å². The predicted molar refractivity (Wildman–Crippen MR) is 127 cm³/mol. The van der Waals surface area contributed by atoms with Crippen molar-refractivity contribution in [3.05, 3.63) is 51.4 Å². The summed E-state index contributed by atoms with van der Waals surface area (Å²) in [7, 11) is 1.38. The highest BCUT2D eigenvalue weighted by Crippen LogP contribution is 2.38. The van der Waals surface area contributed by atoms with Crippen LogP contribution in [0.5, 0.6) is 0 Å². The monoisotopic (exact) mass is 463 g/mol. The zero-order chi connectivity index (χ0) is 21.5. The summed E-state index contributed by atoms with van der Waals surface area (Å²) in [5, 5.41) is 3.94. The molecule has 0 aliphatic heterocycles. The van der Waals surface area contributed by atoms with E-state index < -0.39 is 0 Å². The second-order valence-corrected chi connectivity index (χ2v) is 9.51. The van der Waals surface area contributed by atoms with Gasteiger partial charge in [-0.15, -0.1) is 23.1 Å². The second kappa shape index (κ2) is 10.8. The summed E-state index contributed by atoms with van der Waals surface area (Å²) >= 11 is 8.34. The number of rotatable bonds is 6. The van der Waals surface area contributed by atoms with Crippen LogP contribution in [0.2, 0.25) is 0 Å².